The molecular formula is C115H168Br2O25SSi2. The van der Waals surface area contributed by atoms with Gasteiger partial charge in [-0.3, -0.25) is 4.79 Å². The molecule has 16 heterocycles. The normalized spacial score (nSPS) is 36.8. The first kappa shape index (κ1) is 114. The highest BCUT2D eigenvalue weighted by Gasteiger charge is 2.71. The van der Waals surface area contributed by atoms with Crippen molar-refractivity contribution in [3.05, 3.63) is 149 Å². The van der Waals surface area contributed by atoms with E-state index < -0.39 is 62.5 Å². The third kappa shape index (κ3) is 27.8. The second kappa shape index (κ2) is 48.9. The Morgan fingerprint density at radius 1 is 0.497 bits per heavy atom. The second-order valence-corrected chi connectivity index (χ2v) is 61.9. The van der Waals surface area contributed by atoms with E-state index in [1.54, 1.807) is 48.5 Å². The van der Waals surface area contributed by atoms with Crippen molar-refractivity contribution in [2.24, 2.45) is 47.3 Å². The van der Waals surface area contributed by atoms with Gasteiger partial charge in [0, 0.05) is 96.2 Å². The van der Waals surface area contributed by atoms with E-state index in [2.05, 4.69) is 174 Å². The highest BCUT2D eigenvalue weighted by Crippen LogP contribution is 2.58. The molecule has 25 nitrogen and oxygen atoms in total. The van der Waals surface area contributed by atoms with Gasteiger partial charge in [0.25, 0.3) is 0 Å². The fourth-order valence-corrected chi connectivity index (χ4v) is 29.1. The highest BCUT2D eigenvalue weighted by atomic mass is 79.9. The highest BCUT2D eigenvalue weighted by molar-refractivity contribution is 9.12. The van der Waals surface area contributed by atoms with Crippen LogP contribution < -0.4 is 0 Å². The van der Waals surface area contributed by atoms with E-state index in [1.807, 2.05) is 42.5 Å². The minimum atomic E-state index is -3.46. The van der Waals surface area contributed by atoms with Crippen LogP contribution in [-0.4, -0.2) is 245 Å². The van der Waals surface area contributed by atoms with Crippen molar-refractivity contribution >= 4 is 88.6 Å². The Labute approximate surface area is 882 Å². The van der Waals surface area contributed by atoms with Crippen LogP contribution in [0.25, 0.3) is 0 Å². The zero-order valence-corrected chi connectivity index (χ0v) is 95.1. The predicted octanol–water partition coefficient (Wildman–Crippen LogP) is 22.7. The number of ether oxygens (including phenoxy) is 16. The van der Waals surface area contributed by atoms with E-state index in [-0.39, 0.29) is 210 Å². The monoisotopic (exact) mass is 2190 g/mol. The number of aldehydes is 2. The Hall–Kier alpha value is -4.73. The lowest BCUT2D eigenvalue weighted by Crippen LogP contribution is -2.61. The molecule has 0 aromatic heterocycles. The van der Waals surface area contributed by atoms with Crippen molar-refractivity contribution in [2.75, 3.05) is 19.0 Å². The summed E-state index contributed by atoms with van der Waals surface area (Å²) in [5, 5.41) is 0.294. The molecule has 12 bridgehead atoms. The summed E-state index contributed by atoms with van der Waals surface area (Å²) in [4.78, 5) is 63.1. The van der Waals surface area contributed by atoms with Crippen LogP contribution >= 0.6 is 31.9 Å². The lowest BCUT2D eigenvalue weighted by atomic mass is 9.78. The van der Waals surface area contributed by atoms with Gasteiger partial charge in [0.2, 0.25) is 0 Å². The molecule has 30 heteroatoms. The van der Waals surface area contributed by atoms with Crippen LogP contribution in [0.5, 0.6) is 0 Å². The van der Waals surface area contributed by atoms with Crippen LogP contribution in [-0.2, 0) is 109 Å². The van der Waals surface area contributed by atoms with Gasteiger partial charge in [-0.25, -0.2) is 18.0 Å². The smallest absolute Gasteiger partial charge is 0.338 e. The molecule has 16 saturated heterocycles. The molecule has 0 spiro atoms. The SMILES string of the molecule is C=C(Br)C[C@H](CC[C@@]12C[C@H]3O[C@H]4[C@@H](O1)[C@H]1O[C@@H](CC(=O)C[C@@H]5[C@@H](C)[C@@H](C[C@H](C)CO[Si](C)(C)C(C)(C)C)O[C@H]5CC5O[C@@H](CCC=O)C[C@@H](C)C5=C)CC[C@@H]1O[C@H]4C3O2)OC(=O)c1ccccc1.C=C(Br)C[C@H](CC[C@@]12C[C@H]3O[C@H]4[C@@H](O1)[C@H]1O[C@@H](CC=O)CC[C@@H]1O[C@H]4C3O2)OC(=O)c1ccccc1.C=C1C(C[C@@H]2O[C@H](C[C@H](C)CO[Si](C)(C)C(C)(C)C)[C@H](C)[C@H]2CS(=O)(=O)c2ccccc2)O[C@@H](CCCC)C[C@H]1C. The first-order valence-corrected chi connectivity index (χ1v) is 63.5. The Morgan fingerprint density at radius 3 is 1.35 bits per heavy atom. The third-order valence-electron chi connectivity index (χ3n) is 34.9. The minimum absolute atomic E-state index is 0.00602. The van der Waals surface area contributed by atoms with Crippen LogP contribution in [0.1, 0.15) is 278 Å². The van der Waals surface area contributed by atoms with E-state index >= 15 is 0 Å². The number of halogens is 2. The van der Waals surface area contributed by atoms with Crippen LogP contribution in [0.15, 0.2) is 142 Å². The number of hydrogen-bond donors (Lipinski definition) is 0. The molecule has 36 atom stereocenters. The average molecular weight is 2200 g/mol. The maximum atomic E-state index is 14.4. The summed E-state index contributed by atoms with van der Waals surface area (Å²) in [7, 11) is -7.22. The summed E-state index contributed by atoms with van der Waals surface area (Å²) < 4.78 is 147. The van der Waals surface area contributed by atoms with Crippen LogP contribution in [0.2, 0.25) is 36.3 Å². The van der Waals surface area contributed by atoms with Crippen LogP contribution in [0, 0.1) is 47.3 Å². The number of esters is 2. The number of carbonyl (C=O) groups excluding carboxylic acids is 5. The zero-order chi connectivity index (χ0) is 104. The third-order valence-corrected chi connectivity index (χ3v) is 46.4. The molecule has 0 aliphatic carbocycles. The second-order valence-electron chi connectivity index (χ2n) is 48.0. The van der Waals surface area contributed by atoms with Gasteiger partial charge in [0.05, 0.1) is 107 Å². The maximum absolute atomic E-state index is 14.4. The number of unbranched alkanes of at least 4 members (excludes halogenated alkanes) is 1. The molecule has 145 heavy (non-hydrogen) atoms. The van der Waals surface area contributed by atoms with Crippen LogP contribution in [0.4, 0.5) is 0 Å². The number of carbonyl (C=O) groups is 5. The summed E-state index contributed by atoms with van der Waals surface area (Å²) in [5.74, 6) is -0.928. The summed E-state index contributed by atoms with van der Waals surface area (Å²) in [6, 6.07) is 26.8. The van der Waals surface area contributed by atoms with Crippen molar-refractivity contribution in [1.29, 1.82) is 0 Å². The summed E-state index contributed by atoms with van der Waals surface area (Å²) in [6.07, 6.45) is 14.1. The van der Waals surface area contributed by atoms with Crippen molar-refractivity contribution in [1.82, 2.24) is 0 Å². The Balaban J connectivity index is 0.000000175. The van der Waals surface area contributed by atoms with Crippen molar-refractivity contribution < 1.29 is 117 Å². The molecule has 3 aromatic carbocycles. The number of sulfone groups is 1. The lowest BCUT2D eigenvalue weighted by Gasteiger charge is -2.47. The van der Waals surface area contributed by atoms with Gasteiger partial charge < -0.3 is 94.2 Å². The number of benzene rings is 3. The van der Waals surface area contributed by atoms with Crippen molar-refractivity contribution in [3.8, 4) is 0 Å². The topological polar surface area (TPSA) is 286 Å². The fourth-order valence-electron chi connectivity index (χ4n) is 24.4. The van der Waals surface area contributed by atoms with Gasteiger partial charge in [-0.05, 0) is 211 Å². The van der Waals surface area contributed by atoms with E-state index in [9.17, 15) is 32.4 Å². The molecule has 4 unspecified atom stereocenters. The van der Waals surface area contributed by atoms with Gasteiger partial charge in [-0.15, -0.1) is 0 Å². The standard InChI is InChI=1S/C54H79BrO12Si.C34H58O5SSi.C27H31BrO8/c1-31(30-59-68(9,10)53(6,7)8)23-43-35(5)41(45(63-43)28-44-34(4)32(2)24-38(60-44)17-14-22-56)27-37(57)26-39-18-19-42-47(61-39)51-50-49(64-42)48-46(65-50)29-54(66-48,67-51)21-20-40(25-33(3)55)62-52(58)36-15-12-11-13-16-36;1-11-12-16-28-20-25(3)26(4)32(38-28)21-33-30(23-40(35,36)29-17-14-13-15-18-29)27(5)31(39-33)19-24(2)22-37-41(9,10)34(6,7)8;1-15(28)13-18(32-26(30)16-5-3-2-4-6-16)9-11-27-14-20-22(35-27)23-24(34-20)25(36-27)21-19(33-23)8-7-17(31-21)10-12-29/h11-13,15-16,22,31-32,35,38-51H,3-4,14,17-21,23-30H2,1-2,5-10H3;13-15,17-18,24-25,27-28,30-33H,4,11-12,16,19-23H2,1-3,5-10H3;2-6,12,17-25H,1,7-11,13-14H2/t31-,32+,35+,38-,39+,40-,41+,42-,43+,44?,45-,46+,47-,48?,49-,50+,51-,54-;24-,25+,27+,28-,30+,31+,32?,33-;17-,18+,19+,20-,21+,22?,23+,24-,25+,27+/m001/s1. The molecule has 0 saturated carbocycles. The number of ketones is 1. The van der Waals surface area contributed by atoms with E-state index in [0.717, 1.165) is 96.9 Å². The van der Waals surface area contributed by atoms with E-state index in [0.29, 0.717) is 137 Å². The molecule has 16 fully saturated rings. The molecule has 0 N–H and O–H groups in total. The Kier molecular flexibility index (Phi) is 38.6. The number of hydrogen-bond acceptors (Lipinski definition) is 25. The van der Waals surface area contributed by atoms with Gasteiger partial charge in [-0.1, -0.05) is 216 Å². The lowest BCUT2D eigenvalue weighted by molar-refractivity contribution is -0.292. The number of rotatable bonds is 43. The van der Waals surface area contributed by atoms with Gasteiger partial charge in [-0.2, -0.15) is 0 Å². The van der Waals surface area contributed by atoms with E-state index in [1.165, 1.54) is 0 Å². The van der Waals surface area contributed by atoms with Gasteiger partial charge in [0.1, 0.15) is 91.6 Å². The van der Waals surface area contributed by atoms with Crippen LogP contribution in [0.3, 0.4) is 0 Å². The summed E-state index contributed by atoms with van der Waals surface area (Å²) >= 11 is 6.91. The first-order chi connectivity index (χ1) is 68.7. The van der Waals surface area contributed by atoms with Gasteiger partial charge in [0.15, 0.2) is 38.0 Å². The largest absolute Gasteiger partial charge is 0.458 e. The molecule has 806 valence electrons. The number of fused-ring (bicyclic) bond motifs is 2. The van der Waals surface area contributed by atoms with E-state index in [4.69, 9.17) is 84.6 Å². The fraction of sp³-hybridized carbons (Fsp3) is 0.730. The summed E-state index contributed by atoms with van der Waals surface area (Å²) in [6.45, 7) is 56.6. The predicted molar refractivity (Wildman–Crippen MR) is 567 cm³/mol. The molecule has 16 aliphatic rings. The average Bonchev–Trinajstić information content (AvgIpc) is 1.55. The molecule has 0 radical (unpaired) electrons. The quantitative estimate of drug-likeness (QED) is 0.0220. The van der Waals surface area contributed by atoms with Gasteiger partial charge >= 0.3 is 11.9 Å². The maximum Gasteiger partial charge on any atom is 0.338 e. The zero-order valence-electron chi connectivity index (χ0n) is 89.1. The first-order valence-electron chi connectivity index (χ1n) is 54.5. The van der Waals surface area contributed by atoms with Crippen molar-refractivity contribution in [2.45, 2.75) is 468 Å². The van der Waals surface area contributed by atoms with Crippen molar-refractivity contribution in [3.63, 3.8) is 0 Å². The molecule has 0 amide bonds. The molecule has 3 aromatic rings. The molecular weight excluding hydrogens is 2030 g/mol. The number of Topliss-reactive ketones (excluding diaryl/α,β-unsaturated/α-hetero) is 1. The Morgan fingerprint density at radius 2 is 0.910 bits per heavy atom. The molecule has 16 aliphatic heterocycles. The minimum Gasteiger partial charge on any atom is -0.458 e. The Bertz CT molecular complexity index is 4980. The molecule has 19 rings (SSSR count). The summed E-state index contributed by atoms with van der Waals surface area (Å²) in [5.41, 5.74) is 3.19.